The number of hydrogen-bond acceptors (Lipinski definition) is 4. The lowest BCUT2D eigenvalue weighted by Gasteiger charge is -2.33. The van der Waals surface area contributed by atoms with Gasteiger partial charge in [-0.15, -0.1) is 0 Å². The molecule has 0 spiro atoms. The van der Waals surface area contributed by atoms with E-state index in [2.05, 4.69) is 5.32 Å². The minimum absolute atomic E-state index is 0.0296. The average molecular weight is 433 g/mol. The molecule has 1 N–H and O–H groups in total. The minimum atomic E-state index is -0.0296. The number of piperidine rings is 1. The van der Waals surface area contributed by atoms with Crippen molar-refractivity contribution in [3.05, 3.63) is 28.8 Å². The van der Waals surface area contributed by atoms with Gasteiger partial charge in [-0.1, -0.05) is 30.9 Å². The zero-order valence-electron chi connectivity index (χ0n) is 17.2. The summed E-state index contributed by atoms with van der Waals surface area (Å²) in [6, 6.07) is 3.77. The molecule has 0 bridgehead atoms. The smallest absolute Gasteiger partial charge is 0.246 e. The molecule has 1 saturated carbocycles. The first-order valence-corrected chi connectivity index (χ1v) is 11.3. The third kappa shape index (κ3) is 5.09. The SMILES string of the molecule is O=C(NC1CCN(C(=O)/C=C/c2cc(Cl)c3c(c2)OCCO3)CC1)C1CCCCC1. The summed E-state index contributed by atoms with van der Waals surface area (Å²) < 4.78 is 11.1. The molecule has 162 valence electrons. The molecule has 30 heavy (non-hydrogen) atoms. The molecule has 2 fully saturated rings. The minimum Gasteiger partial charge on any atom is -0.486 e. The highest BCUT2D eigenvalue weighted by Gasteiger charge is 2.26. The normalized spacial score (nSPS) is 20.4. The Morgan fingerprint density at radius 2 is 1.77 bits per heavy atom. The van der Waals surface area contributed by atoms with E-state index in [9.17, 15) is 9.59 Å². The molecule has 3 aliphatic rings. The van der Waals surface area contributed by atoms with Gasteiger partial charge >= 0.3 is 0 Å². The number of fused-ring (bicyclic) bond motifs is 1. The second-order valence-electron chi connectivity index (χ2n) is 8.30. The standard InChI is InChI=1S/C23H29ClN2O4/c24-19-14-16(15-20-22(19)30-13-12-29-20)6-7-21(27)26-10-8-18(9-11-26)25-23(28)17-4-2-1-3-5-17/h6-7,14-15,17-18H,1-5,8-13H2,(H,25,28)/b7-6+. The quantitative estimate of drug-likeness (QED) is 0.734. The molecule has 7 heteroatoms. The highest BCUT2D eigenvalue weighted by molar-refractivity contribution is 6.32. The molecule has 2 aliphatic heterocycles. The van der Waals surface area contributed by atoms with Gasteiger partial charge in [-0.2, -0.15) is 0 Å². The van der Waals surface area contributed by atoms with Crippen LogP contribution in [0.4, 0.5) is 0 Å². The summed E-state index contributed by atoms with van der Waals surface area (Å²) in [5, 5.41) is 3.69. The average Bonchev–Trinajstić information content (AvgIpc) is 2.78. The molecule has 1 aromatic carbocycles. The van der Waals surface area contributed by atoms with E-state index in [0.717, 1.165) is 44.1 Å². The molecular formula is C23H29ClN2O4. The molecule has 0 unspecified atom stereocenters. The van der Waals surface area contributed by atoms with Crippen LogP contribution in [-0.4, -0.2) is 49.1 Å². The third-order valence-corrected chi connectivity index (χ3v) is 6.45. The van der Waals surface area contributed by atoms with E-state index in [4.69, 9.17) is 21.1 Å². The highest BCUT2D eigenvalue weighted by atomic mass is 35.5. The monoisotopic (exact) mass is 432 g/mol. The van der Waals surface area contributed by atoms with Crippen LogP contribution in [0, 0.1) is 5.92 Å². The third-order valence-electron chi connectivity index (χ3n) is 6.17. The van der Waals surface area contributed by atoms with Crippen molar-refractivity contribution < 1.29 is 19.1 Å². The summed E-state index contributed by atoms with van der Waals surface area (Å²) in [4.78, 5) is 26.9. The Morgan fingerprint density at radius 3 is 2.53 bits per heavy atom. The fraction of sp³-hybridized carbons (Fsp3) is 0.565. The largest absolute Gasteiger partial charge is 0.486 e. The van der Waals surface area contributed by atoms with E-state index >= 15 is 0 Å². The highest BCUT2D eigenvalue weighted by Crippen LogP contribution is 2.38. The van der Waals surface area contributed by atoms with Crippen LogP contribution in [0.25, 0.3) is 6.08 Å². The number of carbonyl (C=O) groups is 2. The van der Waals surface area contributed by atoms with Gasteiger partial charge in [0.15, 0.2) is 11.5 Å². The first-order chi connectivity index (χ1) is 14.6. The summed E-state index contributed by atoms with van der Waals surface area (Å²) in [5.41, 5.74) is 0.798. The maximum absolute atomic E-state index is 12.6. The number of benzene rings is 1. The van der Waals surface area contributed by atoms with Crippen molar-refractivity contribution in [3.8, 4) is 11.5 Å². The van der Waals surface area contributed by atoms with Crippen molar-refractivity contribution in [2.75, 3.05) is 26.3 Å². The van der Waals surface area contributed by atoms with Gasteiger partial charge in [-0.25, -0.2) is 0 Å². The molecular weight excluding hydrogens is 404 g/mol. The van der Waals surface area contributed by atoms with Crippen LogP contribution in [0.1, 0.15) is 50.5 Å². The van der Waals surface area contributed by atoms with E-state index in [1.807, 2.05) is 11.0 Å². The van der Waals surface area contributed by atoms with Crippen LogP contribution < -0.4 is 14.8 Å². The lowest BCUT2D eigenvalue weighted by atomic mass is 9.88. The van der Waals surface area contributed by atoms with E-state index in [0.29, 0.717) is 42.8 Å². The van der Waals surface area contributed by atoms with Gasteiger partial charge in [0.1, 0.15) is 13.2 Å². The summed E-state index contributed by atoms with van der Waals surface area (Å²) in [6.07, 6.45) is 10.5. The topological polar surface area (TPSA) is 67.9 Å². The number of rotatable bonds is 4. The number of nitrogens with zero attached hydrogens (tertiary/aromatic N) is 1. The zero-order chi connectivity index (χ0) is 20.9. The van der Waals surface area contributed by atoms with Gasteiger partial charge in [0.2, 0.25) is 11.8 Å². The number of halogens is 1. The number of amides is 2. The lowest BCUT2D eigenvalue weighted by molar-refractivity contribution is -0.128. The van der Waals surface area contributed by atoms with E-state index in [1.165, 1.54) is 6.42 Å². The van der Waals surface area contributed by atoms with Crippen molar-refractivity contribution in [2.24, 2.45) is 5.92 Å². The van der Waals surface area contributed by atoms with Crippen LogP contribution in [0.2, 0.25) is 5.02 Å². The van der Waals surface area contributed by atoms with Crippen molar-refractivity contribution in [2.45, 2.75) is 51.0 Å². The molecule has 2 heterocycles. The molecule has 6 nitrogen and oxygen atoms in total. The van der Waals surface area contributed by atoms with Crippen molar-refractivity contribution in [1.29, 1.82) is 0 Å². The predicted octanol–water partition coefficient (Wildman–Crippen LogP) is 3.81. The molecule has 1 aromatic rings. The number of carbonyl (C=O) groups excluding carboxylic acids is 2. The first kappa shape index (κ1) is 21.0. The Morgan fingerprint density at radius 1 is 1.03 bits per heavy atom. The van der Waals surface area contributed by atoms with Crippen LogP contribution >= 0.6 is 11.6 Å². The van der Waals surface area contributed by atoms with Crippen molar-refractivity contribution in [1.82, 2.24) is 10.2 Å². The Balaban J connectivity index is 1.27. The van der Waals surface area contributed by atoms with Crippen LogP contribution in [0.3, 0.4) is 0 Å². The Bertz CT molecular complexity index is 812. The molecule has 4 rings (SSSR count). The zero-order valence-corrected chi connectivity index (χ0v) is 18.0. The van der Waals surface area contributed by atoms with Gasteiger partial charge in [0.05, 0.1) is 5.02 Å². The van der Waals surface area contributed by atoms with Crippen LogP contribution in [0.5, 0.6) is 11.5 Å². The predicted molar refractivity (Wildman–Crippen MR) is 116 cm³/mol. The Kier molecular flexibility index (Phi) is 6.82. The maximum Gasteiger partial charge on any atom is 0.246 e. The Labute approximate surface area is 182 Å². The molecule has 0 atom stereocenters. The van der Waals surface area contributed by atoms with Crippen LogP contribution in [-0.2, 0) is 9.59 Å². The molecule has 0 aromatic heterocycles. The summed E-state index contributed by atoms with van der Waals surface area (Å²) in [5.74, 6) is 1.52. The number of ether oxygens (including phenoxy) is 2. The van der Waals surface area contributed by atoms with Gasteiger partial charge in [0.25, 0.3) is 0 Å². The van der Waals surface area contributed by atoms with E-state index in [-0.39, 0.29) is 23.8 Å². The fourth-order valence-corrected chi connectivity index (χ4v) is 4.70. The van der Waals surface area contributed by atoms with Gasteiger partial charge < -0.3 is 19.7 Å². The van der Waals surface area contributed by atoms with Gasteiger partial charge in [-0.3, -0.25) is 9.59 Å². The molecule has 1 saturated heterocycles. The summed E-state index contributed by atoms with van der Waals surface area (Å²) in [7, 11) is 0. The number of likely N-dealkylation sites (tertiary alicyclic amines) is 1. The fourth-order valence-electron chi connectivity index (χ4n) is 4.43. The summed E-state index contributed by atoms with van der Waals surface area (Å²) >= 11 is 6.26. The van der Waals surface area contributed by atoms with Gasteiger partial charge in [-0.05, 0) is 49.5 Å². The van der Waals surface area contributed by atoms with Crippen LogP contribution in [0.15, 0.2) is 18.2 Å². The maximum atomic E-state index is 12.6. The van der Waals surface area contributed by atoms with Crippen molar-refractivity contribution in [3.63, 3.8) is 0 Å². The number of hydrogen-bond donors (Lipinski definition) is 1. The second kappa shape index (κ2) is 9.73. The number of nitrogens with one attached hydrogen (secondary N) is 1. The summed E-state index contributed by atoms with van der Waals surface area (Å²) in [6.45, 7) is 2.28. The van der Waals surface area contributed by atoms with Gasteiger partial charge in [0, 0.05) is 31.1 Å². The lowest BCUT2D eigenvalue weighted by Crippen LogP contribution is -2.47. The first-order valence-electron chi connectivity index (χ1n) is 11.0. The molecule has 0 radical (unpaired) electrons. The van der Waals surface area contributed by atoms with Crippen molar-refractivity contribution >= 4 is 29.5 Å². The molecule has 1 aliphatic carbocycles. The second-order valence-corrected chi connectivity index (χ2v) is 8.71. The molecule has 2 amide bonds. The van der Waals surface area contributed by atoms with E-state index in [1.54, 1.807) is 18.2 Å². The Hall–Kier alpha value is -2.21. The van der Waals surface area contributed by atoms with E-state index < -0.39 is 0 Å².